The Morgan fingerprint density at radius 2 is 1.87 bits per heavy atom. The minimum Gasteiger partial charge on any atom is -0.490 e. The van der Waals surface area contributed by atoms with E-state index < -0.39 is 49.9 Å². The number of hydrogen-bond donors (Lipinski definition) is 1. The molecule has 2 aliphatic rings. The molecule has 1 aliphatic heterocycles. The molecule has 1 heterocycles. The van der Waals surface area contributed by atoms with E-state index in [9.17, 15) is 23.2 Å². The average Bonchev–Trinajstić information content (AvgIpc) is 2.72. The van der Waals surface area contributed by atoms with Gasteiger partial charge in [-0.3, -0.25) is 0 Å². The van der Waals surface area contributed by atoms with Gasteiger partial charge in [-0.05, 0) is 49.2 Å². The molecule has 0 unspecified atom stereocenters. The van der Waals surface area contributed by atoms with Crippen molar-refractivity contribution in [2.75, 3.05) is 6.61 Å². The number of nitriles is 1. The molecule has 0 bridgehead atoms. The van der Waals surface area contributed by atoms with Crippen LogP contribution < -0.4 is 4.74 Å². The molecule has 1 saturated carbocycles. The molecule has 0 amide bonds. The summed E-state index contributed by atoms with van der Waals surface area (Å²) in [5.41, 5.74) is -0.372. The average molecular weight is 454 g/mol. The van der Waals surface area contributed by atoms with Crippen molar-refractivity contribution in [1.29, 1.82) is 5.26 Å². The zero-order chi connectivity index (χ0) is 21.7. The van der Waals surface area contributed by atoms with Gasteiger partial charge in [-0.2, -0.15) is 5.26 Å². The molecule has 0 aromatic heterocycles. The number of aliphatic hydroxyl groups excluding tert-OH is 1. The van der Waals surface area contributed by atoms with Crippen molar-refractivity contribution in [2.24, 2.45) is 11.8 Å². The predicted octanol–water partition coefficient (Wildman–Crippen LogP) is 3.98. The molecule has 158 valence electrons. The molecule has 9 heteroatoms. The van der Waals surface area contributed by atoms with E-state index in [1.807, 2.05) is 6.07 Å². The van der Waals surface area contributed by atoms with Gasteiger partial charge in [0.25, 0.3) is 0 Å². The third-order valence-electron chi connectivity index (χ3n) is 6.24. The van der Waals surface area contributed by atoms with Crippen molar-refractivity contribution in [2.45, 2.75) is 35.0 Å². The highest BCUT2D eigenvalue weighted by Crippen LogP contribution is 2.58. The van der Waals surface area contributed by atoms with Crippen molar-refractivity contribution in [1.82, 2.24) is 0 Å². The molecule has 1 fully saturated rings. The van der Waals surface area contributed by atoms with Gasteiger partial charge in [0.1, 0.15) is 10.6 Å². The first-order valence-corrected chi connectivity index (χ1v) is 11.3. The van der Waals surface area contributed by atoms with Gasteiger partial charge in [0.05, 0.1) is 29.2 Å². The number of rotatable bonds is 3. The fraction of sp³-hybridized carbons (Fsp3) is 0.381. The Labute approximate surface area is 177 Å². The van der Waals surface area contributed by atoms with Gasteiger partial charge in [0.15, 0.2) is 21.4 Å². The highest BCUT2D eigenvalue weighted by Gasteiger charge is 2.62. The largest absolute Gasteiger partial charge is 0.490 e. The highest BCUT2D eigenvalue weighted by atomic mass is 35.5. The van der Waals surface area contributed by atoms with Crippen molar-refractivity contribution >= 4 is 21.4 Å². The molecule has 2 aromatic rings. The number of fused-ring (bicyclic) bond motifs is 3. The lowest BCUT2D eigenvalue weighted by Gasteiger charge is -2.51. The second-order valence-electron chi connectivity index (χ2n) is 7.63. The molecule has 30 heavy (non-hydrogen) atoms. The summed E-state index contributed by atoms with van der Waals surface area (Å²) in [5.74, 6) is -3.91. The summed E-state index contributed by atoms with van der Waals surface area (Å²) >= 11 is 5.90. The Bertz CT molecular complexity index is 1130. The van der Waals surface area contributed by atoms with Crippen LogP contribution in [0.15, 0.2) is 41.3 Å². The maximum absolute atomic E-state index is 15.1. The van der Waals surface area contributed by atoms with Crippen molar-refractivity contribution < 1.29 is 27.0 Å². The first kappa shape index (κ1) is 21.0. The SMILES string of the molecule is N#CC[C@H]1[C@H](O)CC[C@]2(S(=O)(=O)c3ccc(Cl)cc3)c3c(F)ccc(F)c3OC[C@H]12. The molecule has 1 aliphatic carbocycles. The maximum Gasteiger partial charge on any atom is 0.188 e. The zero-order valence-corrected chi connectivity index (χ0v) is 17.3. The van der Waals surface area contributed by atoms with Crippen LogP contribution in [0.1, 0.15) is 24.8 Å². The van der Waals surface area contributed by atoms with Crippen LogP contribution >= 0.6 is 11.6 Å². The lowest BCUT2D eigenvalue weighted by molar-refractivity contribution is -0.0182. The van der Waals surface area contributed by atoms with Crippen LogP contribution in [-0.2, 0) is 14.6 Å². The molecule has 4 atom stereocenters. The van der Waals surface area contributed by atoms with Gasteiger partial charge in [0.2, 0.25) is 0 Å². The topological polar surface area (TPSA) is 87.4 Å². The van der Waals surface area contributed by atoms with Crippen LogP contribution in [-0.4, -0.2) is 26.2 Å². The summed E-state index contributed by atoms with van der Waals surface area (Å²) in [6, 6.07) is 9.20. The summed E-state index contributed by atoms with van der Waals surface area (Å²) in [6.45, 7) is -0.260. The number of ether oxygens (including phenoxy) is 1. The fourth-order valence-corrected chi connectivity index (χ4v) is 7.39. The summed E-state index contributed by atoms with van der Waals surface area (Å²) in [6.07, 6.45) is -1.21. The van der Waals surface area contributed by atoms with E-state index in [2.05, 4.69) is 0 Å². The Kier molecular flexibility index (Phi) is 5.25. The molecule has 5 nitrogen and oxygen atoms in total. The number of aliphatic hydroxyl groups is 1. The molecule has 2 aromatic carbocycles. The molecular weight excluding hydrogens is 436 g/mol. The van der Waals surface area contributed by atoms with Crippen LogP contribution in [0.4, 0.5) is 8.78 Å². The van der Waals surface area contributed by atoms with Crippen LogP contribution in [0, 0.1) is 34.8 Å². The van der Waals surface area contributed by atoms with Crippen LogP contribution in [0.5, 0.6) is 5.75 Å². The lowest BCUT2D eigenvalue weighted by Crippen LogP contribution is -2.57. The first-order valence-electron chi connectivity index (χ1n) is 9.40. The molecule has 0 radical (unpaired) electrons. The van der Waals surface area contributed by atoms with Gasteiger partial charge in [-0.25, -0.2) is 17.2 Å². The molecule has 0 spiro atoms. The summed E-state index contributed by atoms with van der Waals surface area (Å²) in [5, 5.41) is 20.1. The third-order valence-corrected chi connectivity index (χ3v) is 9.06. The van der Waals surface area contributed by atoms with Gasteiger partial charge in [-0.15, -0.1) is 0 Å². The van der Waals surface area contributed by atoms with Gasteiger partial charge < -0.3 is 9.84 Å². The van der Waals surface area contributed by atoms with Crippen LogP contribution in [0.3, 0.4) is 0 Å². The molecule has 4 rings (SSSR count). The number of halogens is 3. The Morgan fingerprint density at radius 3 is 2.53 bits per heavy atom. The van der Waals surface area contributed by atoms with E-state index in [4.69, 9.17) is 16.3 Å². The number of hydrogen-bond acceptors (Lipinski definition) is 5. The monoisotopic (exact) mass is 453 g/mol. The van der Waals surface area contributed by atoms with E-state index in [1.165, 1.54) is 24.3 Å². The Morgan fingerprint density at radius 1 is 1.20 bits per heavy atom. The molecule has 0 saturated heterocycles. The van der Waals surface area contributed by atoms with Crippen LogP contribution in [0.25, 0.3) is 0 Å². The molecule has 1 N–H and O–H groups in total. The quantitative estimate of drug-likeness (QED) is 0.759. The maximum atomic E-state index is 15.1. The van der Waals surface area contributed by atoms with Crippen LogP contribution in [0.2, 0.25) is 5.02 Å². The Hall–Kier alpha value is -2.21. The van der Waals surface area contributed by atoms with Gasteiger partial charge in [-0.1, -0.05) is 11.6 Å². The summed E-state index contributed by atoms with van der Waals surface area (Å²) in [7, 11) is -4.29. The van der Waals surface area contributed by atoms with Crippen molar-refractivity contribution in [3.8, 4) is 11.8 Å². The highest BCUT2D eigenvalue weighted by molar-refractivity contribution is 7.92. The zero-order valence-electron chi connectivity index (χ0n) is 15.7. The van der Waals surface area contributed by atoms with E-state index in [-0.39, 0.29) is 36.3 Å². The van der Waals surface area contributed by atoms with E-state index in [1.54, 1.807) is 0 Å². The van der Waals surface area contributed by atoms with Gasteiger partial charge >= 0.3 is 0 Å². The number of sulfone groups is 1. The normalized spacial score (nSPS) is 28.0. The van der Waals surface area contributed by atoms with Crippen molar-refractivity contribution in [3.63, 3.8) is 0 Å². The van der Waals surface area contributed by atoms with Crippen molar-refractivity contribution in [3.05, 3.63) is 58.6 Å². The first-order chi connectivity index (χ1) is 14.2. The number of nitrogens with zero attached hydrogens (tertiary/aromatic N) is 1. The van der Waals surface area contributed by atoms with E-state index in [0.717, 1.165) is 12.1 Å². The van der Waals surface area contributed by atoms with E-state index >= 15 is 4.39 Å². The Balaban J connectivity index is 2.04. The minimum atomic E-state index is -4.29. The third kappa shape index (κ3) is 2.91. The summed E-state index contributed by atoms with van der Waals surface area (Å²) < 4.78 is 61.2. The second-order valence-corrected chi connectivity index (χ2v) is 10.3. The second kappa shape index (κ2) is 7.49. The fourth-order valence-electron chi connectivity index (χ4n) is 4.86. The predicted molar refractivity (Wildman–Crippen MR) is 105 cm³/mol. The minimum absolute atomic E-state index is 0.0189. The molecular formula is C21H18ClF2NO4S. The lowest BCUT2D eigenvalue weighted by atomic mass is 9.65. The summed E-state index contributed by atoms with van der Waals surface area (Å²) in [4.78, 5) is -0.0968. The standard InChI is InChI=1S/C21H18ClF2NO4S/c22-12-1-3-13(4-2-12)30(27,28)21-9-7-18(26)14(8-10-25)15(21)11-29-20-17(24)6-5-16(23)19(20)21/h1-6,14-15,18,26H,7-9,11H2/t14-,15-,18-,21-/m1/s1. The smallest absolute Gasteiger partial charge is 0.188 e. The van der Waals surface area contributed by atoms with Gasteiger partial charge in [0, 0.05) is 23.3 Å². The number of benzene rings is 2. The van der Waals surface area contributed by atoms with E-state index in [0.29, 0.717) is 5.02 Å².